The number of ether oxygens (including phenoxy) is 1. The fourth-order valence-electron chi connectivity index (χ4n) is 1.34. The van der Waals surface area contributed by atoms with Crippen molar-refractivity contribution in [3.63, 3.8) is 0 Å². The molecule has 0 saturated heterocycles. The average molecular weight is 282 g/mol. The molecule has 1 rings (SSSR count). The first-order chi connectivity index (χ1) is 9.22. The zero-order valence-electron chi connectivity index (χ0n) is 11.6. The van der Waals surface area contributed by atoms with E-state index in [1.165, 1.54) is 24.3 Å². The summed E-state index contributed by atoms with van der Waals surface area (Å²) in [5.74, 6) is -0.174. The molecule has 7 heteroatoms. The highest BCUT2D eigenvalue weighted by Gasteiger charge is 2.26. The maximum absolute atomic E-state index is 11.7. The average Bonchev–Trinajstić information content (AvgIpc) is 2.36. The fraction of sp³-hybridized carbons (Fsp3) is 0.462. The molecule has 0 bridgehead atoms. The number of rotatable bonds is 6. The molecule has 1 amide bonds. The van der Waals surface area contributed by atoms with Gasteiger partial charge in [0.15, 0.2) is 6.61 Å². The molecular weight excluding hydrogens is 264 g/mol. The third-order valence-corrected chi connectivity index (χ3v) is 2.90. The fourth-order valence-corrected chi connectivity index (χ4v) is 1.34. The highest BCUT2D eigenvalue weighted by atomic mass is 16.6. The first-order valence-electron chi connectivity index (χ1n) is 6.08. The minimum Gasteiger partial charge on any atom is -0.484 e. The number of benzene rings is 1. The number of aliphatic hydroxyl groups excluding tert-OH is 1. The number of hydrogen-bond acceptors (Lipinski definition) is 5. The molecule has 1 aromatic rings. The van der Waals surface area contributed by atoms with E-state index in [2.05, 4.69) is 5.32 Å². The number of nitrogens with one attached hydrogen (secondary N) is 1. The number of aliphatic hydroxyl groups is 1. The van der Waals surface area contributed by atoms with E-state index in [9.17, 15) is 20.0 Å². The maximum Gasteiger partial charge on any atom is 0.273 e. The van der Waals surface area contributed by atoms with Gasteiger partial charge >= 0.3 is 0 Å². The van der Waals surface area contributed by atoms with Crippen LogP contribution in [0.5, 0.6) is 5.75 Å². The van der Waals surface area contributed by atoms with Crippen molar-refractivity contribution >= 4 is 11.6 Å². The van der Waals surface area contributed by atoms with E-state index in [0.717, 1.165) is 0 Å². The lowest BCUT2D eigenvalue weighted by Crippen LogP contribution is -2.52. The van der Waals surface area contributed by atoms with Crippen LogP contribution in [0.15, 0.2) is 24.3 Å². The Morgan fingerprint density at radius 2 is 2.20 bits per heavy atom. The van der Waals surface area contributed by atoms with Crippen molar-refractivity contribution in [3.05, 3.63) is 34.4 Å². The van der Waals surface area contributed by atoms with E-state index < -0.39 is 22.5 Å². The van der Waals surface area contributed by atoms with E-state index in [1.807, 2.05) is 0 Å². The Kier molecular flexibility index (Phi) is 5.04. The van der Waals surface area contributed by atoms with Gasteiger partial charge in [0, 0.05) is 6.07 Å². The molecule has 2 N–H and O–H groups in total. The normalized spacial score (nSPS) is 12.6. The summed E-state index contributed by atoms with van der Waals surface area (Å²) in [6, 6.07) is 5.59. The lowest BCUT2D eigenvalue weighted by Gasteiger charge is -2.29. The third-order valence-electron chi connectivity index (χ3n) is 2.90. The molecule has 20 heavy (non-hydrogen) atoms. The number of carbonyl (C=O) groups is 1. The molecule has 0 radical (unpaired) electrons. The Morgan fingerprint density at radius 1 is 1.55 bits per heavy atom. The molecule has 1 unspecified atom stereocenters. The van der Waals surface area contributed by atoms with Gasteiger partial charge in [-0.3, -0.25) is 14.9 Å². The van der Waals surface area contributed by atoms with Gasteiger partial charge in [-0.2, -0.15) is 0 Å². The summed E-state index contributed by atoms with van der Waals surface area (Å²) in [6.45, 7) is 4.66. The van der Waals surface area contributed by atoms with E-state index >= 15 is 0 Å². The van der Waals surface area contributed by atoms with E-state index in [1.54, 1.807) is 20.8 Å². The molecule has 0 aliphatic heterocycles. The third kappa shape index (κ3) is 4.51. The summed E-state index contributed by atoms with van der Waals surface area (Å²) in [6.07, 6.45) is -0.718. The van der Waals surface area contributed by atoms with E-state index in [-0.39, 0.29) is 18.0 Å². The number of carbonyl (C=O) groups excluding carboxylic acids is 1. The lowest BCUT2D eigenvalue weighted by atomic mass is 9.99. The van der Waals surface area contributed by atoms with Gasteiger partial charge in [0.25, 0.3) is 11.6 Å². The van der Waals surface area contributed by atoms with Crippen LogP contribution in [-0.2, 0) is 4.79 Å². The SMILES string of the molecule is CC(O)C(C)(C)NC(=O)COc1cccc([N+](=O)[O-])c1. The van der Waals surface area contributed by atoms with E-state index in [0.29, 0.717) is 0 Å². The van der Waals surface area contributed by atoms with Gasteiger partial charge in [-0.1, -0.05) is 6.07 Å². The van der Waals surface area contributed by atoms with Crippen molar-refractivity contribution in [2.45, 2.75) is 32.4 Å². The van der Waals surface area contributed by atoms with Crippen molar-refractivity contribution in [1.82, 2.24) is 5.32 Å². The largest absolute Gasteiger partial charge is 0.484 e. The molecule has 0 heterocycles. The zero-order valence-corrected chi connectivity index (χ0v) is 11.6. The second kappa shape index (κ2) is 6.33. The standard InChI is InChI=1S/C13H18N2O5/c1-9(16)13(2,3)14-12(17)8-20-11-6-4-5-10(7-11)15(18)19/h4-7,9,16H,8H2,1-3H3,(H,14,17). The van der Waals surface area contributed by atoms with Crippen LogP contribution in [0.4, 0.5) is 5.69 Å². The summed E-state index contributed by atoms with van der Waals surface area (Å²) in [5.41, 5.74) is -0.879. The smallest absolute Gasteiger partial charge is 0.273 e. The number of amides is 1. The Balaban J connectivity index is 2.57. The van der Waals surface area contributed by atoms with Crippen LogP contribution >= 0.6 is 0 Å². The molecule has 0 spiro atoms. The molecule has 0 aliphatic carbocycles. The first kappa shape index (κ1) is 15.9. The monoisotopic (exact) mass is 282 g/mol. The Labute approximate surface area is 116 Å². The molecule has 1 aromatic carbocycles. The van der Waals surface area contributed by atoms with Crippen LogP contribution < -0.4 is 10.1 Å². The number of hydrogen-bond donors (Lipinski definition) is 2. The highest BCUT2D eigenvalue weighted by Crippen LogP contribution is 2.19. The van der Waals surface area contributed by atoms with Crippen LogP contribution in [0.25, 0.3) is 0 Å². The van der Waals surface area contributed by atoms with Crippen molar-refractivity contribution in [2.75, 3.05) is 6.61 Å². The number of nitro groups is 1. The molecule has 0 aromatic heterocycles. The van der Waals surface area contributed by atoms with Crippen LogP contribution in [0.1, 0.15) is 20.8 Å². The van der Waals surface area contributed by atoms with Gasteiger partial charge < -0.3 is 15.2 Å². The van der Waals surface area contributed by atoms with Gasteiger partial charge in [-0.15, -0.1) is 0 Å². The maximum atomic E-state index is 11.7. The summed E-state index contributed by atoms with van der Waals surface area (Å²) >= 11 is 0. The van der Waals surface area contributed by atoms with Gasteiger partial charge in [0.2, 0.25) is 0 Å². The van der Waals surface area contributed by atoms with Crippen LogP contribution in [-0.4, -0.2) is 34.2 Å². The van der Waals surface area contributed by atoms with Crippen molar-refractivity contribution in [1.29, 1.82) is 0 Å². The van der Waals surface area contributed by atoms with Gasteiger partial charge in [-0.05, 0) is 26.8 Å². The van der Waals surface area contributed by atoms with Crippen LogP contribution in [0.3, 0.4) is 0 Å². The van der Waals surface area contributed by atoms with Crippen molar-refractivity contribution < 1.29 is 19.6 Å². The summed E-state index contributed by atoms with van der Waals surface area (Å²) in [7, 11) is 0. The van der Waals surface area contributed by atoms with E-state index in [4.69, 9.17) is 4.74 Å². The predicted octanol–water partition coefficient (Wildman–Crippen LogP) is 1.25. The minimum absolute atomic E-state index is 0.104. The molecule has 0 fully saturated rings. The van der Waals surface area contributed by atoms with Crippen LogP contribution in [0, 0.1) is 10.1 Å². The molecular formula is C13H18N2O5. The summed E-state index contributed by atoms with van der Waals surface area (Å²) < 4.78 is 5.19. The van der Waals surface area contributed by atoms with Crippen molar-refractivity contribution in [3.8, 4) is 5.75 Å². The number of nitrogens with zero attached hydrogens (tertiary/aromatic N) is 1. The molecule has 0 saturated carbocycles. The van der Waals surface area contributed by atoms with Gasteiger partial charge in [-0.25, -0.2) is 0 Å². The number of nitro benzene ring substituents is 1. The highest BCUT2D eigenvalue weighted by molar-refractivity contribution is 5.78. The molecule has 7 nitrogen and oxygen atoms in total. The second-order valence-electron chi connectivity index (χ2n) is 4.99. The summed E-state index contributed by atoms with van der Waals surface area (Å²) in [4.78, 5) is 21.7. The minimum atomic E-state index is -0.775. The predicted molar refractivity (Wildman–Crippen MR) is 72.5 cm³/mol. The van der Waals surface area contributed by atoms with Crippen molar-refractivity contribution in [2.24, 2.45) is 0 Å². The van der Waals surface area contributed by atoms with Crippen LogP contribution in [0.2, 0.25) is 0 Å². The quantitative estimate of drug-likeness (QED) is 0.604. The Bertz CT molecular complexity index is 499. The zero-order chi connectivity index (χ0) is 15.3. The first-order valence-corrected chi connectivity index (χ1v) is 6.08. The summed E-state index contributed by atoms with van der Waals surface area (Å²) in [5, 5.41) is 22.7. The second-order valence-corrected chi connectivity index (χ2v) is 4.99. The molecule has 110 valence electrons. The lowest BCUT2D eigenvalue weighted by molar-refractivity contribution is -0.384. The Morgan fingerprint density at radius 3 is 2.75 bits per heavy atom. The topological polar surface area (TPSA) is 102 Å². The molecule has 0 aliphatic rings. The Hall–Kier alpha value is -2.15. The van der Waals surface area contributed by atoms with Gasteiger partial charge in [0.1, 0.15) is 5.75 Å². The molecule has 1 atom stereocenters. The number of non-ortho nitro benzene ring substituents is 1. The van der Waals surface area contributed by atoms with Gasteiger partial charge in [0.05, 0.1) is 22.6 Å².